The molecule has 1 saturated carbocycles. The molecule has 3 heteroatoms. The van der Waals surface area contributed by atoms with Crippen molar-refractivity contribution in [1.29, 1.82) is 0 Å². The van der Waals surface area contributed by atoms with Gasteiger partial charge in [-0.05, 0) is 31.6 Å². The van der Waals surface area contributed by atoms with Crippen LogP contribution in [0, 0.1) is 11.8 Å². The molecule has 0 aromatic heterocycles. The highest BCUT2D eigenvalue weighted by atomic mass is 32.2. The first-order valence-electron chi connectivity index (χ1n) is 5.62. The number of aliphatic imine (C=N–C) groups is 1. The van der Waals surface area contributed by atoms with Crippen LogP contribution in [-0.2, 0) is 0 Å². The Hall–Kier alpha value is -0.180. The molecule has 0 spiro atoms. The lowest BCUT2D eigenvalue weighted by molar-refractivity contribution is 0.268. The maximum Gasteiger partial charge on any atom is 0.157 e. The molecule has 2 atom stereocenters. The summed E-state index contributed by atoms with van der Waals surface area (Å²) in [7, 11) is 0. The standard InChI is InChI=1S/C11H20N2S/c1-7-4-10(5-7)13-11-12-9(3)8(2)6-14-11/h7-10H,4-6H2,1-3H3,(H,12,13). The van der Waals surface area contributed by atoms with Gasteiger partial charge in [-0.2, -0.15) is 0 Å². The predicted molar refractivity (Wildman–Crippen MR) is 63.8 cm³/mol. The molecule has 0 bridgehead atoms. The maximum atomic E-state index is 4.68. The molecule has 1 heterocycles. The molecule has 0 aromatic carbocycles. The van der Waals surface area contributed by atoms with Crippen molar-refractivity contribution in [1.82, 2.24) is 5.32 Å². The highest BCUT2D eigenvalue weighted by molar-refractivity contribution is 8.13. The summed E-state index contributed by atoms with van der Waals surface area (Å²) in [5.74, 6) is 2.86. The van der Waals surface area contributed by atoms with Crippen LogP contribution < -0.4 is 5.32 Å². The first-order valence-corrected chi connectivity index (χ1v) is 6.61. The summed E-state index contributed by atoms with van der Waals surface area (Å²) >= 11 is 1.89. The van der Waals surface area contributed by atoms with Crippen molar-refractivity contribution in [3.05, 3.63) is 0 Å². The lowest BCUT2D eigenvalue weighted by Crippen LogP contribution is -2.44. The van der Waals surface area contributed by atoms with E-state index in [0.717, 1.165) is 11.8 Å². The van der Waals surface area contributed by atoms with Gasteiger partial charge in [0.1, 0.15) is 0 Å². The number of rotatable bonds is 1. The van der Waals surface area contributed by atoms with Gasteiger partial charge in [0.05, 0.1) is 6.04 Å². The Morgan fingerprint density at radius 2 is 2.00 bits per heavy atom. The van der Waals surface area contributed by atoms with E-state index in [1.165, 1.54) is 23.8 Å². The molecular weight excluding hydrogens is 192 g/mol. The third-order valence-electron chi connectivity index (χ3n) is 3.33. The SMILES string of the molecule is CC1CC(NC2=NC(C)C(C)CS2)C1. The number of hydrogen-bond acceptors (Lipinski definition) is 3. The average Bonchev–Trinajstić information content (AvgIpc) is 2.09. The first kappa shape index (κ1) is 10.3. The normalized spacial score (nSPS) is 42.6. The Balaban J connectivity index is 1.83. The minimum atomic E-state index is 0.497. The minimum Gasteiger partial charge on any atom is -0.362 e. The van der Waals surface area contributed by atoms with E-state index in [9.17, 15) is 0 Å². The second-order valence-electron chi connectivity index (χ2n) is 4.88. The summed E-state index contributed by atoms with van der Waals surface area (Å²) in [6.45, 7) is 6.82. The molecule has 2 nitrogen and oxygen atoms in total. The van der Waals surface area contributed by atoms with Crippen LogP contribution in [0.3, 0.4) is 0 Å². The molecule has 1 aliphatic carbocycles. The van der Waals surface area contributed by atoms with Gasteiger partial charge in [-0.1, -0.05) is 25.6 Å². The molecule has 0 saturated heterocycles. The van der Waals surface area contributed by atoms with Crippen molar-refractivity contribution in [3.63, 3.8) is 0 Å². The second-order valence-corrected chi connectivity index (χ2v) is 5.89. The van der Waals surface area contributed by atoms with Gasteiger partial charge in [-0.25, -0.2) is 0 Å². The first-order chi connectivity index (χ1) is 6.65. The molecule has 14 heavy (non-hydrogen) atoms. The summed E-state index contributed by atoms with van der Waals surface area (Å²) in [6, 6.07) is 1.20. The van der Waals surface area contributed by atoms with Gasteiger partial charge in [0.2, 0.25) is 0 Å². The van der Waals surface area contributed by atoms with Gasteiger partial charge in [0, 0.05) is 11.8 Å². The Morgan fingerprint density at radius 3 is 2.57 bits per heavy atom. The van der Waals surface area contributed by atoms with Gasteiger partial charge < -0.3 is 5.32 Å². The van der Waals surface area contributed by atoms with Crippen molar-refractivity contribution in [2.75, 3.05) is 5.75 Å². The maximum absolute atomic E-state index is 4.68. The van der Waals surface area contributed by atoms with E-state index >= 15 is 0 Å². The summed E-state index contributed by atoms with van der Waals surface area (Å²) in [6.07, 6.45) is 2.65. The number of amidine groups is 1. The molecule has 2 unspecified atom stereocenters. The van der Waals surface area contributed by atoms with Crippen LogP contribution in [0.5, 0.6) is 0 Å². The van der Waals surface area contributed by atoms with Crippen LogP contribution >= 0.6 is 11.8 Å². The summed E-state index contributed by atoms with van der Waals surface area (Å²) < 4.78 is 0. The summed E-state index contributed by atoms with van der Waals surface area (Å²) in [5, 5.41) is 4.74. The molecule has 2 aliphatic rings. The van der Waals surface area contributed by atoms with E-state index < -0.39 is 0 Å². The van der Waals surface area contributed by atoms with Crippen LogP contribution in [0.4, 0.5) is 0 Å². The molecule has 1 fully saturated rings. The fourth-order valence-electron chi connectivity index (χ4n) is 1.97. The topological polar surface area (TPSA) is 24.4 Å². The molecule has 0 radical (unpaired) electrons. The van der Waals surface area contributed by atoms with Crippen LogP contribution in [0.15, 0.2) is 4.99 Å². The van der Waals surface area contributed by atoms with Gasteiger partial charge in [0.25, 0.3) is 0 Å². The lowest BCUT2D eigenvalue weighted by Gasteiger charge is -2.35. The zero-order valence-corrected chi connectivity index (χ0v) is 10.1. The summed E-state index contributed by atoms with van der Waals surface area (Å²) in [5.41, 5.74) is 0. The third kappa shape index (κ3) is 2.25. The smallest absolute Gasteiger partial charge is 0.157 e. The van der Waals surface area contributed by atoms with Crippen molar-refractivity contribution < 1.29 is 0 Å². The van der Waals surface area contributed by atoms with Gasteiger partial charge in [-0.3, -0.25) is 4.99 Å². The van der Waals surface area contributed by atoms with Gasteiger partial charge in [0.15, 0.2) is 5.17 Å². The molecule has 1 aliphatic heterocycles. The van der Waals surface area contributed by atoms with E-state index in [-0.39, 0.29) is 0 Å². The zero-order chi connectivity index (χ0) is 10.1. The molecule has 1 N–H and O–H groups in total. The van der Waals surface area contributed by atoms with Crippen molar-refractivity contribution >= 4 is 16.9 Å². The monoisotopic (exact) mass is 212 g/mol. The molecule has 0 amide bonds. The number of nitrogens with one attached hydrogen (secondary N) is 1. The number of thioether (sulfide) groups is 1. The second kappa shape index (κ2) is 4.13. The zero-order valence-electron chi connectivity index (χ0n) is 9.29. The van der Waals surface area contributed by atoms with Crippen LogP contribution in [-0.4, -0.2) is 23.0 Å². The molecule has 0 aromatic rings. The molecular formula is C11H20N2S. The highest BCUT2D eigenvalue weighted by Gasteiger charge is 2.27. The highest BCUT2D eigenvalue weighted by Crippen LogP contribution is 2.28. The van der Waals surface area contributed by atoms with E-state index in [0.29, 0.717) is 12.1 Å². The van der Waals surface area contributed by atoms with Crippen LogP contribution in [0.2, 0.25) is 0 Å². The lowest BCUT2D eigenvalue weighted by atomic mass is 9.82. The molecule has 2 rings (SSSR count). The predicted octanol–water partition coefficient (Wildman–Crippen LogP) is 2.50. The van der Waals surface area contributed by atoms with Crippen molar-refractivity contribution in [2.45, 2.75) is 45.7 Å². The quantitative estimate of drug-likeness (QED) is 0.722. The van der Waals surface area contributed by atoms with E-state index in [4.69, 9.17) is 0 Å². The molecule has 80 valence electrons. The fourth-order valence-corrected chi connectivity index (χ4v) is 3.16. The largest absolute Gasteiger partial charge is 0.362 e. The van der Waals surface area contributed by atoms with Gasteiger partial charge >= 0.3 is 0 Å². The van der Waals surface area contributed by atoms with E-state index in [2.05, 4.69) is 31.1 Å². The summed E-state index contributed by atoms with van der Waals surface area (Å²) in [4.78, 5) is 4.68. The van der Waals surface area contributed by atoms with Crippen LogP contribution in [0.25, 0.3) is 0 Å². The van der Waals surface area contributed by atoms with Crippen molar-refractivity contribution in [3.8, 4) is 0 Å². The van der Waals surface area contributed by atoms with E-state index in [1.807, 2.05) is 11.8 Å². The van der Waals surface area contributed by atoms with Gasteiger partial charge in [-0.15, -0.1) is 0 Å². The Labute approximate surface area is 90.9 Å². The minimum absolute atomic E-state index is 0.497. The number of hydrogen-bond donors (Lipinski definition) is 1. The Kier molecular flexibility index (Phi) is 3.05. The fraction of sp³-hybridized carbons (Fsp3) is 0.909. The van der Waals surface area contributed by atoms with E-state index in [1.54, 1.807) is 0 Å². The number of nitrogens with zero attached hydrogens (tertiary/aromatic N) is 1. The van der Waals surface area contributed by atoms with Crippen LogP contribution in [0.1, 0.15) is 33.6 Å². The third-order valence-corrected chi connectivity index (χ3v) is 4.52. The van der Waals surface area contributed by atoms with Crippen molar-refractivity contribution in [2.24, 2.45) is 16.8 Å². The average molecular weight is 212 g/mol. The Bertz CT molecular complexity index is 233. The Morgan fingerprint density at radius 1 is 1.29 bits per heavy atom.